The van der Waals surface area contributed by atoms with E-state index in [0.717, 1.165) is 5.69 Å². The Balaban J connectivity index is 2.07. The lowest BCUT2D eigenvalue weighted by molar-refractivity contribution is -0.126. The van der Waals surface area contributed by atoms with Gasteiger partial charge < -0.3 is 19.1 Å². The lowest BCUT2D eigenvalue weighted by atomic mass is 10.2. The molecule has 0 saturated carbocycles. The Labute approximate surface area is 153 Å². The molecule has 1 atom stereocenters. The minimum Gasteiger partial charge on any atom is -0.493 e. The van der Waals surface area contributed by atoms with Gasteiger partial charge in [-0.2, -0.15) is 0 Å². The molecule has 2 aromatic carbocycles. The van der Waals surface area contributed by atoms with Crippen molar-refractivity contribution >= 4 is 17.6 Å². The highest BCUT2D eigenvalue weighted by molar-refractivity contribution is 5.98. The Bertz CT molecular complexity index is 760. The summed E-state index contributed by atoms with van der Waals surface area (Å²) in [6.45, 7) is 3.89. The van der Waals surface area contributed by atoms with Crippen LogP contribution in [0.25, 0.3) is 0 Å². The summed E-state index contributed by atoms with van der Waals surface area (Å²) in [5.74, 6) is 0.0530. The number of para-hydroxylation sites is 1. The van der Waals surface area contributed by atoms with Gasteiger partial charge in [0.2, 0.25) is 0 Å². The number of nitrogens with zero attached hydrogens (tertiary/aromatic N) is 1. The summed E-state index contributed by atoms with van der Waals surface area (Å²) in [5.41, 5.74) is 1.01. The van der Waals surface area contributed by atoms with Crippen molar-refractivity contribution in [2.75, 3.05) is 25.7 Å². The van der Waals surface area contributed by atoms with Crippen LogP contribution in [0.15, 0.2) is 48.5 Å². The number of carbonyl (C=O) groups excluding carboxylic acids is 2. The average Bonchev–Trinajstić information content (AvgIpc) is 2.67. The number of hydrogen-bond acceptors (Lipinski definition) is 5. The third kappa shape index (κ3) is 4.53. The largest absolute Gasteiger partial charge is 0.493 e. The molecule has 1 amide bonds. The predicted octanol–water partition coefficient (Wildman–Crippen LogP) is 3.30. The molecule has 0 fully saturated rings. The van der Waals surface area contributed by atoms with Gasteiger partial charge in [0, 0.05) is 12.7 Å². The first kappa shape index (κ1) is 19.3. The van der Waals surface area contributed by atoms with Gasteiger partial charge in [0.05, 0.1) is 19.3 Å². The van der Waals surface area contributed by atoms with Crippen molar-refractivity contribution in [3.05, 3.63) is 54.1 Å². The van der Waals surface area contributed by atoms with Gasteiger partial charge >= 0.3 is 5.97 Å². The number of carbonyl (C=O) groups is 2. The van der Waals surface area contributed by atoms with Gasteiger partial charge in [0.1, 0.15) is 0 Å². The Morgan fingerprint density at radius 1 is 1.08 bits per heavy atom. The number of benzene rings is 2. The smallest absolute Gasteiger partial charge is 0.339 e. The maximum absolute atomic E-state index is 12.5. The van der Waals surface area contributed by atoms with E-state index in [1.54, 1.807) is 26.1 Å². The SMILES string of the molecule is CCOc1ccc(C(=O)OC(C)C(=O)N(C)c2ccccc2)cc1OC. The van der Waals surface area contributed by atoms with Crippen LogP contribution >= 0.6 is 0 Å². The molecule has 26 heavy (non-hydrogen) atoms. The van der Waals surface area contributed by atoms with E-state index in [0.29, 0.717) is 18.1 Å². The Morgan fingerprint density at radius 3 is 2.38 bits per heavy atom. The highest BCUT2D eigenvalue weighted by Gasteiger charge is 2.23. The van der Waals surface area contributed by atoms with Crippen LogP contribution in [0.5, 0.6) is 11.5 Å². The van der Waals surface area contributed by atoms with E-state index in [4.69, 9.17) is 14.2 Å². The molecular weight excluding hydrogens is 334 g/mol. The summed E-state index contributed by atoms with van der Waals surface area (Å²) in [4.78, 5) is 26.3. The number of likely N-dealkylation sites (N-methyl/N-ethyl adjacent to an activating group) is 1. The molecule has 0 aliphatic heterocycles. The van der Waals surface area contributed by atoms with E-state index in [1.165, 1.54) is 18.1 Å². The van der Waals surface area contributed by atoms with Gasteiger partial charge in [0.25, 0.3) is 5.91 Å². The maximum atomic E-state index is 12.5. The number of esters is 1. The fourth-order valence-electron chi connectivity index (χ4n) is 2.40. The monoisotopic (exact) mass is 357 g/mol. The van der Waals surface area contributed by atoms with Crippen LogP contribution < -0.4 is 14.4 Å². The topological polar surface area (TPSA) is 65.1 Å². The number of ether oxygens (including phenoxy) is 3. The van der Waals surface area contributed by atoms with Gasteiger partial charge in [-0.15, -0.1) is 0 Å². The van der Waals surface area contributed by atoms with Crippen molar-refractivity contribution in [1.82, 2.24) is 0 Å². The molecule has 138 valence electrons. The van der Waals surface area contributed by atoms with E-state index in [2.05, 4.69) is 0 Å². The summed E-state index contributed by atoms with van der Waals surface area (Å²) < 4.78 is 16.0. The molecule has 0 radical (unpaired) electrons. The van der Waals surface area contributed by atoms with Crippen LogP contribution in [0.1, 0.15) is 24.2 Å². The molecule has 0 spiro atoms. The van der Waals surface area contributed by atoms with Crippen molar-refractivity contribution in [2.24, 2.45) is 0 Å². The van der Waals surface area contributed by atoms with Gasteiger partial charge in [0.15, 0.2) is 17.6 Å². The quantitative estimate of drug-likeness (QED) is 0.712. The highest BCUT2D eigenvalue weighted by Crippen LogP contribution is 2.28. The zero-order valence-electron chi connectivity index (χ0n) is 15.4. The second kappa shape index (κ2) is 8.89. The van der Waals surface area contributed by atoms with Gasteiger partial charge in [-0.3, -0.25) is 4.79 Å². The average molecular weight is 357 g/mol. The summed E-state index contributed by atoms with van der Waals surface area (Å²) >= 11 is 0. The van der Waals surface area contributed by atoms with Gasteiger partial charge in [-0.25, -0.2) is 4.79 Å². The zero-order chi connectivity index (χ0) is 19.1. The second-order valence-corrected chi connectivity index (χ2v) is 5.58. The first-order valence-corrected chi connectivity index (χ1v) is 8.32. The number of anilines is 1. The summed E-state index contributed by atoms with van der Waals surface area (Å²) in [7, 11) is 3.13. The standard InChI is InChI=1S/C20H23NO5/c1-5-25-17-12-11-15(13-18(17)24-4)20(23)26-14(2)19(22)21(3)16-9-7-6-8-10-16/h6-14H,5H2,1-4H3. The fourth-order valence-corrected chi connectivity index (χ4v) is 2.40. The molecule has 0 heterocycles. The molecular formula is C20H23NO5. The molecule has 0 N–H and O–H groups in total. The Morgan fingerprint density at radius 2 is 1.77 bits per heavy atom. The van der Waals surface area contributed by atoms with E-state index < -0.39 is 12.1 Å². The number of methoxy groups -OCH3 is 1. The highest BCUT2D eigenvalue weighted by atomic mass is 16.5. The summed E-state index contributed by atoms with van der Waals surface area (Å²) in [6, 6.07) is 13.9. The Hall–Kier alpha value is -3.02. The molecule has 0 aliphatic rings. The van der Waals surface area contributed by atoms with Crippen LogP contribution in [0.3, 0.4) is 0 Å². The third-order valence-corrected chi connectivity index (χ3v) is 3.80. The first-order valence-electron chi connectivity index (χ1n) is 8.32. The Kier molecular flexibility index (Phi) is 6.60. The fraction of sp³-hybridized carbons (Fsp3) is 0.300. The summed E-state index contributed by atoms with van der Waals surface area (Å²) in [6.07, 6.45) is -0.926. The second-order valence-electron chi connectivity index (χ2n) is 5.58. The molecule has 0 aliphatic carbocycles. The minimum atomic E-state index is -0.926. The van der Waals surface area contributed by atoms with Gasteiger partial charge in [-0.05, 0) is 44.2 Å². The van der Waals surface area contributed by atoms with Crippen molar-refractivity contribution in [3.63, 3.8) is 0 Å². The lowest BCUT2D eigenvalue weighted by Gasteiger charge is -2.21. The summed E-state index contributed by atoms with van der Waals surface area (Å²) in [5, 5.41) is 0. The number of amides is 1. The molecule has 2 rings (SSSR count). The van der Waals surface area contributed by atoms with Crippen molar-refractivity contribution in [2.45, 2.75) is 20.0 Å². The number of hydrogen-bond donors (Lipinski definition) is 0. The first-order chi connectivity index (χ1) is 12.5. The van der Waals surface area contributed by atoms with Crippen LogP contribution in [-0.4, -0.2) is 38.7 Å². The van der Waals surface area contributed by atoms with Crippen molar-refractivity contribution in [3.8, 4) is 11.5 Å². The van der Waals surface area contributed by atoms with Crippen LogP contribution in [0, 0.1) is 0 Å². The maximum Gasteiger partial charge on any atom is 0.339 e. The van der Waals surface area contributed by atoms with Crippen LogP contribution in [0.2, 0.25) is 0 Å². The molecule has 0 saturated heterocycles. The van der Waals surface area contributed by atoms with E-state index >= 15 is 0 Å². The lowest BCUT2D eigenvalue weighted by Crippen LogP contribution is -2.37. The van der Waals surface area contributed by atoms with Gasteiger partial charge in [-0.1, -0.05) is 18.2 Å². The third-order valence-electron chi connectivity index (χ3n) is 3.80. The normalized spacial score (nSPS) is 11.4. The zero-order valence-corrected chi connectivity index (χ0v) is 15.4. The molecule has 6 nitrogen and oxygen atoms in total. The van der Waals surface area contributed by atoms with Crippen LogP contribution in [-0.2, 0) is 9.53 Å². The van der Waals surface area contributed by atoms with E-state index in [1.807, 2.05) is 37.3 Å². The van der Waals surface area contributed by atoms with Crippen molar-refractivity contribution in [1.29, 1.82) is 0 Å². The molecule has 6 heteroatoms. The van der Waals surface area contributed by atoms with E-state index in [9.17, 15) is 9.59 Å². The molecule has 1 unspecified atom stereocenters. The molecule has 0 aromatic heterocycles. The van der Waals surface area contributed by atoms with Crippen LogP contribution in [0.4, 0.5) is 5.69 Å². The molecule has 0 bridgehead atoms. The minimum absolute atomic E-state index is 0.285. The number of rotatable bonds is 7. The predicted molar refractivity (Wildman–Crippen MR) is 98.9 cm³/mol. The van der Waals surface area contributed by atoms with Crippen molar-refractivity contribution < 1.29 is 23.8 Å². The molecule has 2 aromatic rings. The van der Waals surface area contributed by atoms with E-state index in [-0.39, 0.29) is 11.5 Å².